The molecule has 1 unspecified atom stereocenters. The molecule has 1 aliphatic carbocycles. The molecule has 0 aromatic heterocycles. The average molecular weight is 311 g/mol. The van der Waals surface area contributed by atoms with Crippen LogP contribution in [0.4, 0.5) is 0 Å². The predicted molar refractivity (Wildman–Crippen MR) is 84.5 cm³/mol. The quantitative estimate of drug-likeness (QED) is 0.841. The maximum absolute atomic E-state index is 12.6. The van der Waals surface area contributed by atoms with Gasteiger partial charge in [0, 0.05) is 6.04 Å². The molecule has 0 aliphatic heterocycles. The molecular weight excluding hydrogens is 286 g/mol. The Balaban J connectivity index is 2.16. The van der Waals surface area contributed by atoms with E-state index in [-0.39, 0.29) is 11.8 Å². The van der Waals surface area contributed by atoms with Gasteiger partial charge in [0.2, 0.25) is 0 Å². The summed E-state index contributed by atoms with van der Waals surface area (Å²) in [7, 11) is -1.75. The van der Waals surface area contributed by atoms with E-state index in [0.29, 0.717) is 16.6 Å². The van der Waals surface area contributed by atoms with E-state index in [0.717, 1.165) is 19.4 Å². The highest BCUT2D eigenvalue weighted by atomic mass is 32.2. The number of nitrogens with one attached hydrogen (secondary N) is 1. The summed E-state index contributed by atoms with van der Waals surface area (Å²) in [5, 5.41) is 3.37. The second kappa shape index (κ2) is 7.27. The van der Waals surface area contributed by atoms with E-state index in [1.807, 2.05) is 6.92 Å². The van der Waals surface area contributed by atoms with Crippen molar-refractivity contribution < 1.29 is 13.2 Å². The molecular formula is C16H25NO3S. The SMILES string of the molecule is CCNC(CS(=O)(=O)c1cccc(OC)c1)C1CCCC1. The van der Waals surface area contributed by atoms with Gasteiger partial charge in [0.05, 0.1) is 17.8 Å². The molecule has 1 fully saturated rings. The molecule has 5 heteroatoms. The van der Waals surface area contributed by atoms with Crippen molar-refractivity contribution >= 4 is 9.84 Å². The van der Waals surface area contributed by atoms with Gasteiger partial charge in [-0.05, 0) is 43.5 Å². The van der Waals surface area contributed by atoms with E-state index in [4.69, 9.17) is 4.74 Å². The first-order valence-corrected chi connectivity index (χ1v) is 9.32. The van der Waals surface area contributed by atoms with Crippen LogP contribution in [0.15, 0.2) is 29.2 Å². The molecule has 118 valence electrons. The highest BCUT2D eigenvalue weighted by Gasteiger charge is 2.29. The minimum absolute atomic E-state index is 0.0497. The Labute approximate surface area is 127 Å². The summed E-state index contributed by atoms with van der Waals surface area (Å²) < 4.78 is 30.4. The van der Waals surface area contributed by atoms with Crippen LogP contribution in [0.1, 0.15) is 32.6 Å². The Kier molecular flexibility index (Phi) is 5.65. The standard InChI is InChI=1S/C16H25NO3S/c1-3-17-16(13-7-4-5-8-13)12-21(18,19)15-10-6-9-14(11-15)20-2/h6,9-11,13,16-17H,3-5,7-8,12H2,1-2H3. The van der Waals surface area contributed by atoms with Gasteiger partial charge in [0.1, 0.15) is 5.75 Å². The molecule has 0 saturated heterocycles. The lowest BCUT2D eigenvalue weighted by molar-refractivity contribution is 0.388. The van der Waals surface area contributed by atoms with Crippen molar-refractivity contribution in [1.29, 1.82) is 0 Å². The molecule has 1 aromatic rings. The first kappa shape index (κ1) is 16.3. The summed E-state index contributed by atoms with van der Waals surface area (Å²) in [6, 6.07) is 6.79. The Morgan fingerprint density at radius 1 is 1.33 bits per heavy atom. The number of rotatable bonds is 7. The fourth-order valence-corrected chi connectivity index (χ4v) is 4.75. The van der Waals surface area contributed by atoms with E-state index in [1.54, 1.807) is 31.4 Å². The van der Waals surface area contributed by atoms with Crippen LogP contribution in [-0.2, 0) is 9.84 Å². The summed E-state index contributed by atoms with van der Waals surface area (Å²) in [5.74, 6) is 1.22. The number of hydrogen-bond acceptors (Lipinski definition) is 4. The Morgan fingerprint density at radius 2 is 2.05 bits per heavy atom. The topological polar surface area (TPSA) is 55.4 Å². The fraction of sp³-hybridized carbons (Fsp3) is 0.625. The highest BCUT2D eigenvalue weighted by Crippen LogP contribution is 2.29. The monoisotopic (exact) mass is 311 g/mol. The molecule has 1 aliphatic rings. The second-order valence-electron chi connectivity index (χ2n) is 5.67. The second-order valence-corrected chi connectivity index (χ2v) is 7.70. The maximum Gasteiger partial charge on any atom is 0.180 e. The maximum atomic E-state index is 12.6. The third-order valence-electron chi connectivity index (χ3n) is 4.23. The Bertz CT molecular complexity index is 550. The van der Waals surface area contributed by atoms with Crippen molar-refractivity contribution in [3.05, 3.63) is 24.3 Å². The molecule has 1 atom stereocenters. The Morgan fingerprint density at radius 3 is 2.67 bits per heavy atom. The van der Waals surface area contributed by atoms with Crippen molar-refractivity contribution in [2.75, 3.05) is 19.4 Å². The summed E-state index contributed by atoms with van der Waals surface area (Å²) in [4.78, 5) is 0.350. The molecule has 21 heavy (non-hydrogen) atoms. The highest BCUT2D eigenvalue weighted by molar-refractivity contribution is 7.91. The average Bonchev–Trinajstić information content (AvgIpc) is 3.01. The minimum Gasteiger partial charge on any atom is -0.497 e. The summed E-state index contributed by atoms with van der Waals surface area (Å²) >= 11 is 0. The summed E-state index contributed by atoms with van der Waals surface area (Å²) in [5.41, 5.74) is 0. The van der Waals surface area contributed by atoms with Gasteiger partial charge >= 0.3 is 0 Å². The molecule has 0 heterocycles. The van der Waals surface area contributed by atoms with Crippen LogP contribution in [0.3, 0.4) is 0 Å². The molecule has 1 aromatic carbocycles. The van der Waals surface area contributed by atoms with Crippen molar-refractivity contribution in [2.45, 2.75) is 43.5 Å². The molecule has 0 spiro atoms. The van der Waals surface area contributed by atoms with E-state index in [9.17, 15) is 8.42 Å². The van der Waals surface area contributed by atoms with Crippen LogP contribution in [0.25, 0.3) is 0 Å². The van der Waals surface area contributed by atoms with Gasteiger partial charge in [-0.3, -0.25) is 0 Å². The molecule has 0 amide bonds. The van der Waals surface area contributed by atoms with Crippen molar-refractivity contribution in [2.24, 2.45) is 5.92 Å². The number of ether oxygens (including phenoxy) is 1. The zero-order valence-corrected chi connectivity index (χ0v) is 13.7. The van der Waals surface area contributed by atoms with Gasteiger partial charge in [0.15, 0.2) is 9.84 Å². The number of sulfone groups is 1. The van der Waals surface area contributed by atoms with Gasteiger partial charge in [-0.1, -0.05) is 25.8 Å². The summed E-state index contributed by atoms with van der Waals surface area (Å²) in [6.45, 7) is 2.83. The van der Waals surface area contributed by atoms with Gasteiger partial charge in [-0.2, -0.15) is 0 Å². The molecule has 0 bridgehead atoms. The van der Waals surface area contributed by atoms with Crippen LogP contribution in [-0.4, -0.2) is 33.9 Å². The van der Waals surface area contributed by atoms with E-state index >= 15 is 0 Å². The predicted octanol–water partition coefficient (Wildman–Crippen LogP) is 2.64. The van der Waals surface area contributed by atoms with Crippen LogP contribution in [0.2, 0.25) is 0 Å². The van der Waals surface area contributed by atoms with Gasteiger partial charge in [-0.15, -0.1) is 0 Å². The van der Waals surface area contributed by atoms with Crippen molar-refractivity contribution in [3.8, 4) is 5.75 Å². The number of methoxy groups -OCH3 is 1. The van der Waals surface area contributed by atoms with E-state index in [1.165, 1.54) is 12.8 Å². The van der Waals surface area contributed by atoms with Crippen LogP contribution in [0.5, 0.6) is 5.75 Å². The largest absolute Gasteiger partial charge is 0.497 e. The fourth-order valence-electron chi connectivity index (χ4n) is 3.11. The molecule has 4 nitrogen and oxygen atoms in total. The normalized spacial score (nSPS) is 17.8. The lowest BCUT2D eigenvalue weighted by Crippen LogP contribution is -2.40. The van der Waals surface area contributed by atoms with E-state index < -0.39 is 9.84 Å². The first-order chi connectivity index (χ1) is 10.1. The lowest BCUT2D eigenvalue weighted by atomic mass is 10.00. The van der Waals surface area contributed by atoms with Gasteiger partial charge in [0.25, 0.3) is 0 Å². The zero-order chi connectivity index (χ0) is 15.3. The van der Waals surface area contributed by atoms with Crippen molar-refractivity contribution in [1.82, 2.24) is 5.32 Å². The molecule has 1 N–H and O–H groups in total. The minimum atomic E-state index is -3.29. The molecule has 2 rings (SSSR count). The zero-order valence-electron chi connectivity index (χ0n) is 12.8. The summed E-state index contributed by atoms with van der Waals surface area (Å²) in [6.07, 6.45) is 4.69. The first-order valence-electron chi connectivity index (χ1n) is 7.67. The third kappa shape index (κ3) is 4.20. The molecule has 1 saturated carbocycles. The molecule has 0 radical (unpaired) electrons. The number of benzene rings is 1. The van der Waals surface area contributed by atoms with Gasteiger partial charge in [-0.25, -0.2) is 8.42 Å². The van der Waals surface area contributed by atoms with Crippen LogP contribution in [0, 0.1) is 5.92 Å². The van der Waals surface area contributed by atoms with E-state index in [2.05, 4.69) is 5.32 Å². The van der Waals surface area contributed by atoms with Crippen molar-refractivity contribution in [3.63, 3.8) is 0 Å². The Hall–Kier alpha value is -1.07. The van der Waals surface area contributed by atoms with Crippen LogP contribution >= 0.6 is 0 Å². The lowest BCUT2D eigenvalue weighted by Gasteiger charge is -2.24. The third-order valence-corrected chi connectivity index (χ3v) is 6.00. The number of hydrogen-bond donors (Lipinski definition) is 1. The smallest absolute Gasteiger partial charge is 0.180 e. The van der Waals surface area contributed by atoms with Gasteiger partial charge < -0.3 is 10.1 Å². The van der Waals surface area contributed by atoms with Crippen LogP contribution < -0.4 is 10.1 Å².